The van der Waals surface area contributed by atoms with Gasteiger partial charge in [0, 0.05) is 0 Å². The van der Waals surface area contributed by atoms with Crippen LogP contribution in [0.15, 0.2) is 0 Å². The molecule has 0 amide bonds. The molecule has 1 aliphatic heterocycles. The van der Waals surface area contributed by atoms with Gasteiger partial charge in [0.1, 0.15) is 0 Å². The average molecular weight is 486 g/mol. The third-order valence-electron chi connectivity index (χ3n) is 2.70. The highest BCUT2D eigenvalue weighted by atomic mass is 35.6. The molecule has 0 bridgehead atoms. The van der Waals surface area contributed by atoms with Gasteiger partial charge in [0.05, 0.1) is 0 Å². The summed E-state index contributed by atoms with van der Waals surface area (Å²) in [5, 5.41) is 0. The summed E-state index contributed by atoms with van der Waals surface area (Å²) in [6.07, 6.45) is 0. The Balaban J connectivity index is 3.24. The number of hydrogen-bond donors (Lipinski definition) is 0. The second-order valence-electron chi connectivity index (χ2n) is 7.88. The van der Waals surface area contributed by atoms with Crippen LogP contribution in [-0.2, 0) is 24.7 Å². The van der Waals surface area contributed by atoms with Crippen molar-refractivity contribution in [1.29, 1.82) is 0 Å². The van der Waals surface area contributed by atoms with Crippen molar-refractivity contribution in [2.75, 3.05) is 0 Å². The summed E-state index contributed by atoms with van der Waals surface area (Å²) in [6.45, 7) is 19.2. The van der Waals surface area contributed by atoms with Crippen LogP contribution in [0.3, 0.4) is 0 Å². The summed E-state index contributed by atoms with van der Waals surface area (Å²) in [5.74, 6) is 0. The average Bonchev–Trinajstić information content (AvgIpc) is 1.98. The molecule has 14 heteroatoms. The lowest BCUT2D eigenvalue weighted by atomic mass is 11.9. The largest absolute Gasteiger partial charge is 0.422 e. The summed E-state index contributed by atoms with van der Waals surface area (Å²) >= 11 is 13.2. The third kappa shape index (κ3) is 8.55. The van der Waals surface area contributed by atoms with Crippen molar-refractivity contribution in [3.8, 4) is 0 Å². The summed E-state index contributed by atoms with van der Waals surface area (Å²) in [7, 11) is -16.2. The molecule has 0 aromatic rings. The van der Waals surface area contributed by atoms with E-state index in [4.69, 9.17) is 46.8 Å². The molecule has 0 N–H and O–H groups in total. The van der Waals surface area contributed by atoms with E-state index in [1.54, 1.807) is 13.1 Å². The maximum Gasteiger partial charge on any atom is 0.422 e. The fourth-order valence-corrected chi connectivity index (χ4v) is 36.5. The van der Waals surface area contributed by atoms with Crippen molar-refractivity contribution in [3.63, 3.8) is 0 Å². The molecule has 0 spiro atoms. The van der Waals surface area contributed by atoms with Crippen molar-refractivity contribution in [2.24, 2.45) is 0 Å². The molecule has 1 rings (SSSR count). The molecule has 0 unspecified atom stereocenters. The molecule has 0 aromatic carbocycles. The Hall–Kier alpha value is 1.64. The predicted molar refractivity (Wildman–Crippen MR) is 111 cm³/mol. The first kappa shape index (κ1) is 23.7. The fraction of sp³-hybridized carbons (Fsp3) is 1.00. The van der Waals surface area contributed by atoms with Crippen LogP contribution in [0.2, 0.25) is 65.5 Å². The molecule has 24 heavy (non-hydrogen) atoms. The van der Waals surface area contributed by atoms with Gasteiger partial charge in [-0.1, -0.05) is 0 Å². The van der Waals surface area contributed by atoms with Crippen molar-refractivity contribution in [1.82, 2.24) is 0 Å². The van der Waals surface area contributed by atoms with Gasteiger partial charge in [0.2, 0.25) is 0 Å². The minimum absolute atomic E-state index is 1.79. The molecule has 0 aliphatic carbocycles. The van der Waals surface area contributed by atoms with E-state index in [1.807, 2.05) is 52.4 Å². The summed E-state index contributed by atoms with van der Waals surface area (Å²) < 4.78 is 37.2. The molecule has 144 valence electrons. The minimum atomic E-state index is -2.97. The molecule has 0 saturated carbocycles. The molecule has 1 saturated heterocycles. The van der Waals surface area contributed by atoms with Gasteiger partial charge < -0.3 is 24.7 Å². The first-order valence-electron chi connectivity index (χ1n) is 7.83. The Morgan fingerprint density at radius 3 is 0.792 bits per heavy atom. The van der Waals surface area contributed by atoms with Crippen LogP contribution in [0.4, 0.5) is 0 Å². The summed E-state index contributed by atoms with van der Waals surface area (Å²) in [6, 6.07) is 0. The van der Waals surface area contributed by atoms with E-state index in [1.165, 1.54) is 0 Å². The SMILES string of the molecule is C[Si]1(C)O[Si](C)(C)O[Si@@](C)(Cl)O[Si](C)(C)O[Si@](C)(Cl)O[Si](C)(C)O1. The van der Waals surface area contributed by atoms with E-state index in [-0.39, 0.29) is 0 Å². The second kappa shape index (κ2) is 7.23. The molecule has 6 nitrogen and oxygen atoms in total. The number of rotatable bonds is 0. The van der Waals surface area contributed by atoms with Gasteiger partial charge in [-0.05, 0) is 65.5 Å². The van der Waals surface area contributed by atoms with E-state index in [9.17, 15) is 0 Å². The fourth-order valence-electron chi connectivity index (χ4n) is 3.06. The first-order chi connectivity index (χ1) is 10.2. The van der Waals surface area contributed by atoms with E-state index in [0.29, 0.717) is 0 Å². The van der Waals surface area contributed by atoms with Crippen molar-refractivity contribution < 1.29 is 24.7 Å². The van der Waals surface area contributed by atoms with Gasteiger partial charge in [-0.15, -0.1) is 22.2 Å². The summed E-state index contributed by atoms with van der Waals surface area (Å²) in [4.78, 5) is 0. The van der Waals surface area contributed by atoms with Gasteiger partial charge >= 0.3 is 50.0 Å². The maximum absolute atomic E-state index is 6.60. The van der Waals surface area contributed by atoms with Gasteiger partial charge in [-0.25, -0.2) is 0 Å². The highest BCUT2D eigenvalue weighted by molar-refractivity contribution is 7.19. The zero-order chi connectivity index (χ0) is 19.2. The molecule has 1 fully saturated rings. The zero-order valence-electron chi connectivity index (χ0n) is 16.2. The monoisotopic (exact) mass is 484 g/mol. The summed E-state index contributed by atoms with van der Waals surface area (Å²) in [5.41, 5.74) is 0. The van der Waals surface area contributed by atoms with E-state index in [2.05, 4.69) is 0 Å². The molecule has 1 heterocycles. The number of hydrogen-bond acceptors (Lipinski definition) is 6. The van der Waals surface area contributed by atoms with Crippen molar-refractivity contribution in [3.05, 3.63) is 0 Å². The Morgan fingerprint density at radius 2 is 0.542 bits per heavy atom. The van der Waals surface area contributed by atoms with Gasteiger partial charge in [-0.2, -0.15) is 0 Å². The Kier molecular flexibility index (Phi) is 7.13. The third-order valence-corrected chi connectivity index (χ3v) is 27.0. The number of halogens is 2. The van der Waals surface area contributed by atoms with Crippen LogP contribution in [0.5, 0.6) is 0 Å². The van der Waals surface area contributed by atoms with E-state index >= 15 is 0 Å². The van der Waals surface area contributed by atoms with Crippen LogP contribution in [0, 0.1) is 0 Å². The topological polar surface area (TPSA) is 55.4 Å². The molecule has 1 aliphatic rings. The molecule has 2 atom stereocenters. The Bertz CT molecular complexity index is 340. The smallest absolute Gasteiger partial charge is 0.416 e. The molecule has 0 radical (unpaired) electrons. The second-order valence-corrected chi connectivity index (χ2v) is 31.4. The van der Waals surface area contributed by atoms with Gasteiger partial charge in [0.25, 0.3) is 0 Å². The minimum Gasteiger partial charge on any atom is -0.416 e. The Morgan fingerprint density at radius 1 is 0.375 bits per heavy atom. The normalized spacial score (nSPS) is 39.5. The predicted octanol–water partition coefficient (Wildman–Crippen LogP) is 4.52. The molecular weight excluding hydrogens is 456 g/mol. The zero-order valence-corrected chi connectivity index (χ0v) is 23.7. The van der Waals surface area contributed by atoms with Gasteiger partial charge in [0.15, 0.2) is 0 Å². The lowest BCUT2D eigenvalue weighted by Crippen LogP contribution is -2.63. The lowest BCUT2D eigenvalue weighted by molar-refractivity contribution is 0.250. The van der Waals surface area contributed by atoms with Crippen LogP contribution in [-0.4, -0.2) is 50.0 Å². The van der Waals surface area contributed by atoms with Crippen LogP contribution < -0.4 is 0 Å². The standard InChI is InChI=1S/C10H30Cl2O6Si6/c1-19(2)13-20(3,4)15-23(9,11)17-22(7,8)18-24(10,12)16-21(5,6)14-19/h1-10H3/t23-,24-/m1/s1. The van der Waals surface area contributed by atoms with Crippen molar-refractivity contribution >= 4 is 72.1 Å². The van der Waals surface area contributed by atoms with Crippen molar-refractivity contribution in [2.45, 2.75) is 65.5 Å². The van der Waals surface area contributed by atoms with Crippen LogP contribution >= 0.6 is 22.2 Å². The maximum atomic E-state index is 6.60. The molecule has 0 aromatic heterocycles. The quantitative estimate of drug-likeness (QED) is 0.371. The van der Waals surface area contributed by atoms with Crippen LogP contribution in [0.1, 0.15) is 0 Å². The first-order valence-corrected chi connectivity index (χ1v) is 25.8. The highest BCUT2D eigenvalue weighted by Crippen LogP contribution is 2.33. The lowest BCUT2D eigenvalue weighted by Gasteiger charge is -2.44. The Labute approximate surface area is 161 Å². The van der Waals surface area contributed by atoms with Gasteiger partial charge in [-0.3, -0.25) is 0 Å². The molecular formula is C10H30Cl2O6Si6. The van der Waals surface area contributed by atoms with E-state index < -0.39 is 50.0 Å². The van der Waals surface area contributed by atoms with Crippen LogP contribution in [0.25, 0.3) is 0 Å². The van der Waals surface area contributed by atoms with E-state index in [0.717, 1.165) is 0 Å². The highest BCUT2D eigenvalue weighted by Gasteiger charge is 2.53.